The molecule has 2 amide bonds. The van der Waals surface area contributed by atoms with Crippen molar-refractivity contribution in [1.82, 2.24) is 14.9 Å². The zero-order chi connectivity index (χ0) is 12.7. The van der Waals surface area contributed by atoms with Crippen LogP contribution in [-0.2, 0) is 6.54 Å². The smallest absolute Gasteiger partial charge is 0.276 e. The average molecular weight is 249 g/mol. The Kier molecular flexibility index (Phi) is 2.59. The van der Waals surface area contributed by atoms with E-state index in [1.165, 1.54) is 18.9 Å². The van der Waals surface area contributed by atoms with Crippen molar-refractivity contribution in [1.29, 1.82) is 0 Å². The molecular formula is C12H15N3O3. The summed E-state index contributed by atoms with van der Waals surface area (Å²) in [7, 11) is 0. The van der Waals surface area contributed by atoms with Gasteiger partial charge in [-0.15, -0.1) is 0 Å². The molecule has 0 unspecified atom stereocenters. The lowest BCUT2D eigenvalue weighted by Gasteiger charge is -2.28. The Morgan fingerprint density at radius 3 is 2.89 bits per heavy atom. The number of carbonyl (C=O) groups excluding carboxylic acids is 2. The first kappa shape index (κ1) is 11.3. The van der Waals surface area contributed by atoms with Crippen molar-refractivity contribution in [2.75, 3.05) is 13.1 Å². The maximum atomic E-state index is 12.2. The average Bonchev–Trinajstić information content (AvgIpc) is 3.08. The van der Waals surface area contributed by atoms with Crippen molar-refractivity contribution in [2.24, 2.45) is 5.92 Å². The van der Waals surface area contributed by atoms with Crippen molar-refractivity contribution in [3.8, 4) is 0 Å². The van der Waals surface area contributed by atoms with Crippen molar-refractivity contribution in [3.05, 3.63) is 23.5 Å². The van der Waals surface area contributed by atoms with Crippen LogP contribution in [0.5, 0.6) is 0 Å². The fraction of sp³-hybridized carbons (Fsp3) is 0.500. The number of aromatic nitrogens is 1. The number of fused-ring (bicyclic) bond motifs is 1. The molecule has 0 saturated heterocycles. The lowest BCUT2D eigenvalue weighted by Crippen LogP contribution is -2.40. The molecule has 1 fully saturated rings. The van der Waals surface area contributed by atoms with Crippen molar-refractivity contribution < 1.29 is 14.8 Å². The first-order valence-corrected chi connectivity index (χ1v) is 6.13. The van der Waals surface area contributed by atoms with E-state index in [1.54, 1.807) is 16.2 Å². The molecule has 0 spiro atoms. The van der Waals surface area contributed by atoms with Crippen LogP contribution in [-0.4, -0.2) is 39.6 Å². The molecule has 3 rings (SSSR count). The van der Waals surface area contributed by atoms with E-state index in [-0.39, 0.29) is 5.91 Å². The van der Waals surface area contributed by atoms with Crippen LogP contribution in [0.2, 0.25) is 0 Å². The number of rotatable bonds is 3. The summed E-state index contributed by atoms with van der Waals surface area (Å²) in [5, 5.41) is 8.59. The monoisotopic (exact) mass is 249 g/mol. The summed E-state index contributed by atoms with van der Waals surface area (Å²) < 4.78 is 1.77. The highest BCUT2D eigenvalue weighted by atomic mass is 16.5. The first-order valence-electron chi connectivity index (χ1n) is 6.13. The van der Waals surface area contributed by atoms with E-state index in [9.17, 15) is 9.59 Å². The Labute approximate surface area is 104 Å². The summed E-state index contributed by atoms with van der Waals surface area (Å²) >= 11 is 0. The van der Waals surface area contributed by atoms with Crippen LogP contribution in [0.4, 0.5) is 0 Å². The molecule has 1 aliphatic carbocycles. The van der Waals surface area contributed by atoms with Crippen LogP contribution < -0.4 is 5.48 Å². The van der Waals surface area contributed by atoms with Gasteiger partial charge in [-0.25, -0.2) is 5.48 Å². The Morgan fingerprint density at radius 1 is 1.44 bits per heavy atom. The largest absolute Gasteiger partial charge is 0.341 e. The number of hydrogen-bond donors (Lipinski definition) is 2. The standard InChI is InChI=1S/C12H15N3O3/c16-11(13-18)9-5-10-12(17)15(6-8-1-2-8)4-3-14(10)7-9/h5,7-8,18H,1-4,6H2,(H,13,16). The van der Waals surface area contributed by atoms with Gasteiger partial charge in [-0.1, -0.05) is 0 Å². The molecule has 2 aliphatic rings. The van der Waals surface area contributed by atoms with Crippen molar-refractivity contribution in [3.63, 3.8) is 0 Å². The minimum Gasteiger partial charge on any atom is -0.341 e. The molecule has 0 aromatic carbocycles. The SMILES string of the molecule is O=C(NO)c1cc2n(c1)CCN(CC1CC1)C2=O. The van der Waals surface area contributed by atoms with E-state index in [0.717, 1.165) is 6.54 Å². The van der Waals surface area contributed by atoms with E-state index in [2.05, 4.69) is 0 Å². The van der Waals surface area contributed by atoms with E-state index in [1.807, 2.05) is 4.90 Å². The van der Waals surface area contributed by atoms with Crippen LogP contribution in [0.3, 0.4) is 0 Å². The maximum Gasteiger partial charge on any atom is 0.276 e. The summed E-state index contributed by atoms with van der Waals surface area (Å²) in [6.45, 7) is 2.22. The number of nitrogens with zero attached hydrogens (tertiary/aromatic N) is 2. The van der Waals surface area contributed by atoms with Crippen molar-refractivity contribution in [2.45, 2.75) is 19.4 Å². The highest BCUT2D eigenvalue weighted by molar-refractivity contribution is 5.99. The normalized spacial score (nSPS) is 18.7. The van der Waals surface area contributed by atoms with Crippen LogP contribution >= 0.6 is 0 Å². The van der Waals surface area contributed by atoms with Gasteiger partial charge in [0.1, 0.15) is 5.69 Å². The number of hydroxylamine groups is 1. The summed E-state index contributed by atoms with van der Waals surface area (Å²) in [5.74, 6) is 0.0549. The second-order valence-corrected chi connectivity index (χ2v) is 4.94. The second-order valence-electron chi connectivity index (χ2n) is 4.94. The highest BCUT2D eigenvalue weighted by Crippen LogP contribution is 2.31. The van der Waals surface area contributed by atoms with Gasteiger partial charge in [0.2, 0.25) is 0 Å². The zero-order valence-corrected chi connectivity index (χ0v) is 9.93. The fourth-order valence-electron chi connectivity index (χ4n) is 2.34. The Balaban J connectivity index is 1.83. The molecule has 1 aliphatic heterocycles. The van der Waals surface area contributed by atoms with Crippen LogP contribution in [0.25, 0.3) is 0 Å². The molecule has 1 aromatic rings. The predicted molar refractivity (Wildman–Crippen MR) is 62.3 cm³/mol. The van der Waals surface area contributed by atoms with Gasteiger partial charge in [0, 0.05) is 25.8 Å². The number of amides is 2. The second kappa shape index (κ2) is 4.13. The van der Waals surface area contributed by atoms with Gasteiger partial charge in [-0.2, -0.15) is 0 Å². The number of hydrogen-bond acceptors (Lipinski definition) is 3. The number of carbonyl (C=O) groups is 2. The Bertz CT molecular complexity index is 505. The van der Waals surface area contributed by atoms with Crippen molar-refractivity contribution >= 4 is 11.8 Å². The molecule has 2 heterocycles. The third kappa shape index (κ3) is 1.88. The molecule has 6 heteroatoms. The predicted octanol–water partition coefficient (Wildman–Crippen LogP) is 0.473. The summed E-state index contributed by atoms with van der Waals surface area (Å²) in [5.41, 5.74) is 2.42. The molecule has 18 heavy (non-hydrogen) atoms. The molecule has 0 atom stereocenters. The van der Waals surface area contributed by atoms with Crippen LogP contribution in [0, 0.1) is 5.92 Å². The third-order valence-corrected chi connectivity index (χ3v) is 3.55. The van der Waals surface area contributed by atoms with Gasteiger partial charge in [-0.3, -0.25) is 14.8 Å². The van der Waals surface area contributed by atoms with Gasteiger partial charge in [0.05, 0.1) is 5.56 Å². The number of nitrogens with one attached hydrogen (secondary N) is 1. The zero-order valence-electron chi connectivity index (χ0n) is 9.93. The summed E-state index contributed by atoms with van der Waals surface area (Å²) in [6, 6.07) is 1.53. The summed E-state index contributed by atoms with van der Waals surface area (Å²) in [6.07, 6.45) is 4.03. The highest BCUT2D eigenvalue weighted by Gasteiger charge is 2.31. The lowest BCUT2D eigenvalue weighted by molar-refractivity contribution is 0.0694. The molecule has 1 aromatic heterocycles. The van der Waals surface area contributed by atoms with Gasteiger partial charge in [0.15, 0.2) is 0 Å². The molecule has 2 N–H and O–H groups in total. The van der Waals surface area contributed by atoms with Crippen LogP contribution in [0.15, 0.2) is 12.3 Å². The maximum absolute atomic E-state index is 12.2. The van der Waals surface area contributed by atoms with Crippen LogP contribution in [0.1, 0.15) is 33.7 Å². The Hall–Kier alpha value is -1.82. The molecule has 6 nitrogen and oxygen atoms in total. The van der Waals surface area contributed by atoms with Gasteiger partial charge >= 0.3 is 0 Å². The van der Waals surface area contributed by atoms with E-state index in [4.69, 9.17) is 5.21 Å². The van der Waals surface area contributed by atoms with Gasteiger partial charge in [0.25, 0.3) is 11.8 Å². The fourth-order valence-corrected chi connectivity index (χ4v) is 2.34. The van der Waals surface area contributed by atoms with Gasteiger partial charge in [-0.05, 0) is 24.8 Å². The minimum atomic E-state index is -0.585. The first-order chi connectivity index (χ1) is 8.69. The molecule has 0 bridgehead atoms. The quantitative estimate of drug-likeness (QED) is 0.604. The topological polar surface area (TPSA) is 74.6 Å². The van der Waals surface area contributed by atoms with E-state index >= 15 is 0 Å². The molecule has 96 valence electrons. The van der Waals surface area contributed by atoms with E-state index < -0.39 is 5.91 Å². The molecular weight excluding hydrogens is 234 g/mol. The molecule has 0 radical (unpaired) electrons. The Morgan fingerprint density at radius 2 is 2.22 bits per heavy atom. The molecule has 1 saturated carbocycles. The lowest BCUT2D eigenvalue weighted by atomic mass is 10.2. The van der Waals surface area contributed by atoms with E-state index in [0.29, 0.717) is 30.3 Å². The van der Waals surface area contributed by atoms with Gasteiger partial charge < -0.3 is 9.47 Å². The minimum absolute atomic E-state index is 0.0230. The summed E-state index contributed by atoms with van der Waals surface area (Å²) in [4.78, 5) is 25.4. The third-order valence-electron chi connectivity index (χ3n) is 3.55.